The molecule has 2 N–H and O–H groups in total. The molecule has 88 valence electrons. The average molecular weight is 226 g/mol. The second kappa shape index (κ2) is 5.84. The number of methoxy groups -OCH3 is 1. The molecule has 0 bridgehead atoms. The molecule has 7 heteroatoms. The first-order valence-corrected chi connectivity index (χ1v) is 4.93. The Hall–Kier alpha value is -1.92. The van der Waals surface area contributed by atoms with Gasteiger partial charge in [0.1, 0.15) is 5.82 Å². The fraction of sp³-hybridized carbons (Fsp3) is 0.556. The van der Waals surface area contributed by atoms with Crippen LogP contribution < -0.4 is 5.32 Å². The molecular formula is C9H14N4O3. The molecule has 1 aromatic rings. The van der Waals surface area contributed by atoms with Gasteiger partial charge in [0.2, 0.25) is 5.82 Å². The van der Waals surface area contributed by atoms with E-state index in [0.717, 1.165) is 0 Å². The Morgan fingerprint density at radius 3 is 2.81 bits per heavy atom. The third-order valence-corrected chi connectivity index (χ3v) is 1.91. The van der Waals surface area contributed by atoms with Crippen LogP contribution in [0.5, 0.6) is 0 Å². The second-order valence-corrected chi connectivity index (χ2v) is 3.04. The minimum absolute atomic E-state index is 0.0849. The third kappa shape index (κ3) is 3.34. The van der Waals surface area contributed by atoms with E-state index in [9.17, 15) is 9.59 Å². The van der Waals surface area contributed by atoms with Gasteiger partial charge in [-0.1, -0.05) is 6.92 Å². The number of carbonyl (C=O) groups excluding carboxylic acids is 2. The van der Waals surface area contributed by atoms with Gasteiger partial charge in [0.05, 0.1) is 13.5 Å². The first-order valence-electron chi connectivity index (χ1n) is 4.93. The van der Waals surface area contributed by atoms with Gasteiger partial charge in [-0.05, 0) is 0 Å². The van der Waals surface area contributed by atoms with E-state index in [-0.39, 0.29) is 24.8 Å². The number of nitrogens with one attached hydrogen (secondary N) is 2. The lowest BCUT2D eigenvalue weighted by Crippen LogP contribution is -2.27. The molecule has 0 spiro atoms. The second-order valence-electron chi connectivity index (χ2n) is 3.04. The summed E-state index contributed by atoms with van der Waals surface area (Å²) in [6, 6.07) is 0. The lowest BCUT2D eigenvalue weighted by Gasteiger charge is -2.00. The zero-order valence-electron chi connectivity index (χ0n) is 9.24. The summed E-state index contributed by atoms with van der Waals surface area (Å²) >= 11 is 0. The Labute approximate surface area is 92.6 Å². The van der Waals surface area contributed by atoms with E-state index in [1.54, 1.807) is 0 Å². The predicted octanol–water partition coefficient (Wildman–Crippen LogP) is -0.340. The van der Waals surface area contributed by atoms with Crippen molar-refractivity contribution < 1.29 is 14.3 Å². The number of aromatic nitrogens is 3. The number of aromatic amines is 1. The first kappa shape index (κ1) is 12.2. The molecule has 0 saturated heterocycles. The maximum absolute atomic E-state index is 11.4. The molecule has 0 atom stereocenters. The molecule has 1 amide bonds. The molecule has 1 aromatic heterocycles. The van der Waals surface area contributed by atoms with Crippen molar-refractivity contribution in [3.05, 3.63) is 11.6 Å². The Morgan fingerprint density at radius 2 is 2.25 bits per heavy atom. The van der Waals surface area contributed by atoms with Gasteiger partial charge in [0.15, 0.2) is 0 Å². The van der Waals surface area contributed by atoms with Crippen molar-refractivity contribution in [2.75, 3.05) is 13.7 Å². The van der Waals surface area contributed by atoms with E-state index in [2.05, 4.69) is 25.2 Å². The molecule has 0 aromatic carbocycles. The van der Waals surface area contributed by atoms with Crippen molar-refractivity contribution in [1.82, 2.24) is 20.5 Å². The van der Waals surface area contributed by atoms with E-state index in [1.165, 1.54) is 7.11 Å². The third-order valence-electron chi connectivity index (χ3n) is 1.91. The number of amides is 1. The number of hydrogen-bond donors (Lipinski definition) is 2. The molecule has 7 nitrogen and oxygen atoms in total. The Balaban J connectivity index is 2.38. The topological polar surface area (TPSA) is 97.0 Å². The molecule has 0 unspecified atom stereocenters. The van der Waals surface area contributed by atoms with Crippen molar-refractivity contribution in [2.24, 2.45) is 0 Å². The van der Waals surface area contributed by atoms with Crippen LogP contribution in [0.2, 0.25) is 0 Å². The van der Waals surface area contributed by atoms with Crippen LogP contribution in [0.4, 0.5) is 0 Å². The largest absolute Gasteiger partial charge is 0.469 e. The maximum Gasteiger partial charge on any atom is 0.307 e. The summed E-state index contributed by atoms with van der Waals surface area (Å²) in [5.74, 6) is -0.0378. The predicted molar refractivity (Wildman–Crippen MR) is 54.7 cm³/mol. The summed E-state index contributed by atoms with van der Waals surface area (Å²) in [6.45, 7) is 2.11. The van der Waals surface area contributed by atoms with Crippen LogP contribution in [-0.2, 0) is 16.0 Å². The normalized spacial score (nSPS) is 9.88. The first-order chi connectivity index (χ1) is 7.67. The van der Waals surface area contributed by atoms with Gasteiger partial charge >= 0.3 is 5.97 Å². The summed E-state index contributed by atoms with van der Waals surface area (Å²) < 4.78 is 4.43. The maximum atomic E-state index is 11.4. The number of ether oxygens (including phenoxy) is 1. The van der Waals surface area contributed by atoms with E-state index in [0.29, 0.717) is 12.2 Å². The molecule has 0 radical (unpaired) electrons. The van der Waals surface area contributed by atoms with E-state index < -0.39 is 5.91 Å². The van der Waals surface area contributed by atoms with Crippen LogP contribution in [0.15, 0.2) is 0 Å². The number of carbonyl (C=O) groups is 2. The molecule has 0 aliphatic carbocycles. The Morgan fingerprint density at radius 1 is 1.50 bits per heavy atom. The molecule has 1 heterocycles. The highest BCUT2D eigenvalue weighted by Gasteiger charge is 2.11. The highest BCUT2D eigenvalue weighted by atomic mass is 16.5. The Kier molecular flexibility index (Phi) is 4.43. The van der Waals surface area contributed by atoms with Crippen molar-refractivity contribution >= 4 is 11.9 Å². The van der Waals surface area contributed by atoms with E-state index in [4.69, 9.17) is 0 Å². The number of hydrogen-bond acceptors (Lipinski definition) is 5. The van der Waals surface area contributed by atoms with Crippen molar-refractivity contribution in [3.8, 4) is 0 Å². The summed E-state index contributed by atoms with van der Waals surface area (Å²) in [5.41, 5.74) is 0. The quantitative estimate of drug-likeness (QED) is 0.669. The highest BCUT2D eigenvalue weighted by Crippen LogP contribution is 1.93. The molecule has 1 rings (SSSR count). The minimum atomic E-state index is -0.403. The van der Waals surface area contributed by atoms with Crippen LogP contribution in [-0.4, -0.2) is 40.7 Å². The molecule has 0 saturated carbocycles. The lowest BCUT2D eigenvalue weighted by molar-refractivity contribution is -0.140. The number of aryl methyl sites for hydroxylation is 1. The van der Waals surface area contributed by atoms with Gasteiger partial charge in [-0.3, -0.25) is 14.7 Å². The summed E-state index contributed by atoms with van der Waals surface area (Å²) in [4.78, 5) is 26.2. The molecule has 0 aliphatic heterocycles. The molecule has 16 heavy (non-hydrogen) atoms. The van der Waals surface area contributed by atoms with Gasteiger partial charge in [0, 0.05) is 13.0 Å². The summed E-state index contributed by atoms with van der Waals surface area (Å²) in [6.07, 6.45) is 0.815. The van der Waals surface area contributed by atoms with E-state index in [1.807, 2.05) is 6.92 Å². The van der Waals surface area contributed by atoms with Gasteiger partial charge < -0.3 is 10.1 Å². The fourth-order valence-electron chi connectivity index (χ4n) is 1.01. The monoisotopic (exact) mass is 226 g/mol. The Bertz CT molecular complexity index is 375. The van der Waals surface area contributed by atoms with Gasteiger partial charge in [-0.25, -0.2) is 4.98 Å². The number of nitrogens with zero attached hydrogens (tertiary/aromatic N) is 2. The molecular weight excluding hydrogens is 212 g/mol. The van der Waals surface area contributed by atoms with Gasteiger partial charge in [-0.2, -0.15) is 0 Å². The van der Waals surface area contributed by atoms with Crippen LogP contribution in [0.25, 0.3) is 0 Å². The molecule has 0 aliphatic rings. The van der Waals surface area contributed by atoms with Crippen LogP contribution in [0.1, 0.15) is 29.8 Å². The van der Waals surface area contributed by atoms with Crippen molar-refractivity contribution in [2.45, 2.75) is 19.8 Å². The SMILES string of the molecule is CCc1nc(C(=O)NCCC(=O)OC)n[nH]1. The van der Waals surface area contributed by atoms with Crippen molar-refractivity contribution in [3.63, 3.8) is 0 Å². The fourth-order valence-corrected chi connectivity index (χ4v) is 1.01. The smallest absolute Gasteiger partial charge is 0.307 e. The van der Waals surface area contributed by atoms with Gasteiger partial charge in [-0.15, -0.1) is 5.10 Å². The van der Waals surface area contributed by atoms with Crippen molar-refractivity contribution in [1.29, 1.82) is 0 Å². The van der Waals surface area contributed by atoms with Crippen LogP contribution >= 0.6 is 0 Å². The standard InChI is InChI=1S/C9H14N4O3/c1-3-6-11-8(13-12-6)9(15)10-5-4-7(14)16-2/h3-5H2,1-2H3,(H,10,15)(H,11,12,13). The minimum Gasteiger partial charge on any atom is -0.469 e. The summed E-state index contributed by atoms with van der Waals surface area (Å²) in [5, 5.41) is 8.89. The highest BCUT2D eigenvalue weighted by molar-refractivity contribution is 5.90. The van der Waals surface area contributed by atoms with Crippen LogP contribution in [0, 0.1) is 0 Å². The number of H-pyrrole nitrogens is 1. The number of esters is 1. The zero-order valence-corrected chi connectivity index (χ0v) is 9.24. The van der Waals surface area contributed by atoms with E-state index >= 15 is 0 Å². The number of rotatable bonds is 5. The van der Waals surface area contributed by atoms with Gasteiger partial charge in [0.25, 0.3) is 5.91 Å². The molecule has 0 fully saturated rings. The average Bonchev–Trinajstić information content (AvgIpc) is 2.77. The zero-order chi connectivity index (χ0) is 12.0. The lowest BCUT2D eigenvalue weighted by atomic mass is 10.4. The van der Waals surface area contributed by atoms with Crippen LogP contribution in [0.3, 0.4) is 0 Å². The summed E-state index contributed by atoms with van der Waals surface area (Å²) in [7, 11) is 1.30.